The summed E-state index contributed by atoms with van der Waals surface area (Å²) >= 11 is 0. The van der Waals surface area contributed by atoms with E-state index in [-0.39, 0.29) is 5.91 Å². The summed E-state index contributed by atoms with van der Waals surface area (Å²) in [4.78, 5) is 17.3. The molecule has 2 aliphatic rings. The molecule has 23 heavy (non-hydrogen) atoms. The Kier molecular flexibility index (Phi) is 7.97. The summed E-state index contributed by atoms with van der Waals surface area (Å²) < 4.78 is 0. The van der Waals surface area contributed by atoms with Gasteiger partial charge >= 0.3 is 0 Å². The molecule has 134 valence electrons. The van der Waals surface area contributed by atoms with Crippen LogP contribution in [0.3, 0.4) is 0 Å². The van der Waals surface area contributed by atoms with Crippen molar-refractivity contribution >= 4 is 15.3 Å². The van der Waals surface area contributed by atoms with Gasteiger partial charge in [0.25, 0.3) is 0 Å². The van der Waals surface area contributed by atoms with Crippen LogP contribution in [-0.2, 0) is 4.79 Å². The van der Waals surface area contributed by atoms with E-state index in [0.29, 0.717) is 5.75 Å². The standard InChI is InChI=1S/C18H35N3OS/c1-3-23(2)16-8-7-12-21(13-9-19-18(22)17-23)15-14-20-10-5-4-6-11-20/h4-17H2,1-2H3,(H,19,22). The first kappa shape index (κ1) is 18.9. The minimum Gasteiger partial charge on any atom is -0.354 e. The number of carbonyl (C=O) groups is 1. The minimum atomic E-state index is -0.979. The number of nitrogens with one attached hydrogen (secondary N) is 1. The van der Waals surface area contributed by atoms with E-state index >= 15 is 0 Å². The van der Waals surface area contributed by atoms with Crippen LogP contribution in [0.15, 0.2) is 0 Å². The Morgan fingerprint density at radius 1 is 1.00 bits per heavy atom. The van der Waals surface area contributed by atoms with Crippen LogP contribution < -0.4 is 5.32 Å². The lowest BCUT2D eigenvalue weighted by Crippen LogP contribution is -2.41. The lowest BCUT2D eigenvalue weighted by molar-refractivity contribution is -0.118. The molecule has 1 atom stereocenters. The molecule has 2 fully saturated rings. The van der Waals surface area contributed by atoms with Crippen molar-refractivity contribution in [2.75, 3.05) is 63.6 Å². The highest BCUT2D eigenvalue weighted by Crippen LogP contribution is 2.29. The largest absolute Gasteiger partial charge is 0.354 e. The highest BCUT2D eigenvalue weighted by Gasteiger charge is 2.15. The summed E-state index contributed by atoms with van der Waals surface area (Å²) in [6, 6.07) is 0. The van der Waals surface area contributed by atoms with E-state index in [1.54, 1.807) is 0 Å². The first-order chi connectivity index (χ1) is 11.1. The van der Waals surface area contributed by atoms with Gasteiger partial charge in [-0.05, 0) is 64.2 Å². The van der Waals surface area contributed by atoms with E-state index < -0.39 is 9.44 Å². The maximum absolute atomic E-state index is 12.1. The molecule has 1 N–H and O–H groups in total. The van der Waals surface area contributed by atoms with Crippen molar-refractivity contribution in [1.29, 1.82) is 0 Å². The van der Waals surface area contributed by atoms with E-state index in [2.05, 4.69) is 26.6 Å². The molecule has 0 aromatic heterocycles. The Bertz CT molecular complexity index is 485. The molecule has 0 aromatic rings. The van der Waals surface area contributed by atoms with Crippen LogP contribution in [0.1, 0.15) is 39.0 Å². The van der Waals surface area contributed by atoms with Crippen molar-refractivity contribution in [2.24, 2.45) is 0 Å². The zero-order valence-corrected chi connectivity index (χ0v) is 15.9. The van der Waals surface area contributed by atoms with E-state index in [9.17, 15) is 4.79 Å². The van der Waals surface area contributed by atoms with Gasteiger partial charge in [0.1, 0.15) is 0 Å². The summed E-state index contributed by atoms with van der Waals surface area (Å²) in [6.07, 6.45) is 8.85. The van der Waals surface area contributed by atoms with Crippen LogP contribution in [0.2, 0.25) is 0 Å². The van der Waals surface area contributed by atoms with E-state index in [0.717, 1.165) is 25.4 Å². The second-order valence-electron chi connectivity index (χ2n) is 7.13. The molecular weight excluding hydrogens is 306 g/mol. The number of nitrogens with zero attached hydrogens (tertiary/aromatic N) is 2. The van der Waals surface area contributed by atoms with Gasteiger partial charge < -0.3 is 15.1 Å². The zero-order chi connectivity index (χ0) is 16.5. The Labute approximate surface area is 143 Å². The Morgan fingerprint density at radius 2 is 1.61 bits per heavy atom. The molecule has 2 rings (SSSR count). The highest BCUT2D eigenvalue weighted by atomic mass is 32.2. The Morgan fingerprint density at radius 3 is 2.26 bits per heavy atom. The molecule has 1 unspecified atom stereocenters. The average Bonchev–Trinajstić information content (AvgIpc) is 2.59. The molecule has 2 saturated heterocycles. The van der Waals surface area contributed by atoms with Crippen LogP contribution in [0, 0.1) is 5.18 Å². The van der Waals surface area contributed by atoms with Gasteiger partial charge in [0.15, 0.2) is 0 Å². The lowest BCUT2D eigenvalue weighted by Gasteiger charge is -2.30. The maximum Gasteiger partial charge on any atom is 0.229 e. The Hall–Kier alpha value is -0.480. The van der Waals surface area contributed by atoms with Crippen molar-refractivity contribution in [3.05, 3.63) is 0 Å². The monoisotopic (exact) mass is 341 g/mol. The summed E-state index contributed by atoms with van der Waals surface area (Å²) in [7, 11) is -0.979. The van der Waals surface area contributed by atoms with Crippen molar-refractivity contribution in [2.45, 2.75) is 39.0 Å². The summed E-state index contributed by atoms with van der Waals surface area (Å²) in [5.74, 6) is 2.03. The number of hydrogen-bond acceptors (Lipinski definition) is 3. The van der Waals surface area contributed by atoms with Gasteiger partial charge in [-0.3, -0.25) is 4.79 Å². The second kappa shape index (κ2) is 9.73. The molecule has 2 aliphatic heterocycles. The van der Waals surface area contributed by atoms with Gasteiger partial charge in [-0.2, -0.15) is 9.44 Å². The molecule has 0 aromatic carbocycles. The minimum absolute atomic E-state index is 0.217. The van der Waals surface area contributed by atoms with Crippen molar-refractivity contribution < 1.29 is 4.79 Å². The first-order valence-electron chi connectivity index (χ1n) is 9.25. The predicted octanol–water partition coefficient (Wildman–Crippen LogP) is 2.10. The normalized spacial score (nSPS) is 29.4. The van der Waals surface area contributed by atoms with Crippen LogP contribution in [-0.4, -0.2) is 79.3 Å². The van der Waals surface area contributed by atoms with Crippen molar-refractivity contribution in [3.63, 3.8) is 0 Å². The fraction of sp³-hybridized carbons (Fsp3) is 0.889. The number of hydrogen-bond donors (Lipinski definition) is 1. The predicted molar refractivity (Wildman–Crippen MR) is 102 cm³/mol. The molecule has 0 radical (unpaired) electrons. The maximum atomic E-state index is 12.1. The molecule has 0 spiro atoms. The zero-order valence-electron chi connectivity index (χ0n) is 15.1. The summed E-state index contributed by atoms with van der Waals surface area (Å²) in [5, 5.41) is 6.55. The molecule has 1 amide bonds. The highest BCUT2D eigenvalue weighted by molar-refractivity contribution is 8.24. The third-order valence-electron chi connectivity index (χ3n) is 5.19. The van der Waals surface area contributed by atoms with E-state index in [1.807, 2.05) is 6.92 Å². The molecule has 2 heterocycles. The number of piperidine rings is 1. The third-order valence-corrected chi connectivity index (χ3v) is 8.27. The van der Waals surface area contributed by atoms with Crippen molar-refractivity contribution in [1.82, 2.24) is 15.1 Å². The molecule has 4 nitrogen and oxygen atoms in total. The van der Waals surface area contributed by atoms with Gasteiger partial charge in [-0.1, -0.05) is 6.42 Å². The van der Waals surface area contributed by atoms with Gasteiger partial charge in [0.05, 0.1) is 5.75 Å². The van der Waals surface area contributed by atoms with Crippen LogP contribution in [0.5, 0.6) is 0 Å². The molecule has 5 heteroatoms. The number of rotatable bonds is 3. The summed E-state index contributed by atoms with van der Waals surface area (Å²) in [5.41, 5.74) is 0. The fourth-order valence-corrected chi connectivity index (χ4v) is 5.51. The molecule has 0 aliphatic carbocycles. The van der Waals surface area contributed by atoms with Crippen LogP contribution in [0.25, 0.3) is 0 Å². The van der Waals surface area contributed by atoms with Gasteiger partial charge in [0, 0.05) is 26.2 Å². The average molecular weight is 342 g/mol. The van der Waals surface area contributed by atoms with Gasteiger partial charge in [-0.15, -0.1) is 5.18 Å². The number of likely N-dealkylation sites (tertiary alicyclic amines) is 1. The Balaban J connectivity index is 1.82. The third kappa shape index (κ3) is 6.88. The fourth-order valence-electron chi connectivity index (χ4n) is 3.50. The topological polar surface area (TPSA) is 35.6 Å². The SMILES string of the molecule is CC#S1(C)CCCCN(CCN2CCCCC2)CCNC(=O)C1. The van der Waals surface area contributed by atoms with Gasteiger partial charge in [0.2, 0.25) is 5.91 Å². The number of amides is 1. The van der Waals surface area contributed by atoms with Gasteiger partial charge in [-0.25, -0.2) is 0 Å². The van der Waals surface area contributed by atoms with Crippen LogP contribution >= 0.6 is 9.44 Å². The number of carbonyl (C=O) groups excluding carboxylic acids is 1. The van der Waals surface area contributed by atoms with E-state index in [4.69, 9.17) is 0 Å². The summed E-state index contributed by atoms with van der Waals surface area (Å²) in [6.45, 7) is 9.84. The molecule has 0 saturated carbocycles. The quantitative estimate of drug-likeness (QED) is 0.854. The van der Waals surface area contributed by atoms with Crippen molar-refractivity contribution in [3.8, 4) is 5.18 Å². The smallest absolute Gasteiger partial charge is 0.229 e. The van der Waals surface area contributed by atoms with Crippen LogP contribution in [0.4, 0.5) is 0 Å². The van der Waals surface area contributed by atoms with E-state index in [1.165, 1.54) is 58.3 Å². The lowest BCUT2D eigenvalue weighted by atomic mass is 10.1. The second-order valence-corrected chi connectivity index (χ2v) is 10.8. The first-order valence-corrected chi connectivity index (χ1v) is 11.6. The molecule has 0 bridgehead atoms. The molecular formula is C18H35N3OS.